The molecule has 0 N–H and O–H groups in total. The fourth-order valence-corrected chi connectivity index (χ4v) is 10.2. The van der Waals surface area contributed by atoms with Crippen LogP contribution in [-0.2, 0) is 20.0 Å². The van der Waals surface area contributed by atoms with E-state index in [1.54, 1.807) is 0 Å². The van der Waals surface area contributed by atoms with E-state index < -0.39 is 20.0 Å². The lowest BCUT2D eigenvalue weighted by Gasteiger charge is -2.33. The summed E-state index contributed by atoms with van der Waals surface area (Å²) in [7, 11) is -6.61. The van der Waals surface area contributed by atoms with Crippen molar-refractivity contribution in [3.05, 3.63) is 0 Å². The van der Waals surface area contributed by atoms with E-state index in [9.17, 15) is 16.8 Å². The maximum absolute atomic E-state index is 12.9. The van der Waals surface area contributed by atoms with Crippen LogP contribution in [0.2, 0.25) is 0 Å². The minimum Gasteiger partial charge on any atom is -0.212 e. The van der Waals surface area contributed by atoms with Crippen LogP contribution in [0.25, 0.3) is 0 Å². The lowest BCUT2D eigenvalue weighted by molar-refractivity contribution is 0.272. The van der Waals surface area contributed by atoms with Crippen LogP contribution in [0.4, 0.5) is 0 Å². The fraction of sp³-hybridized carbons (Fsp3) is 1.00. The van der Waals surface area contributed by atoms with Gasteiger partial charge in [0.15, 0.2) is 0 Å². The number of hydrogen-bond donors (Lipinski definition) is 0. The number of hydrogen-bond acceptors (Lipinski definition) is 4. The first kappa shape index (κ1) is 45.8. The van der Waals surface area contributed by atoms with Gasteiger partial charge in [-0.15, -0.1) is 0 Å². The minimum atomic E-state index is -3.30. The number of rotatable bonds is 36. The average molecular weight is 719 g/mol. The molecule has 1 rings (SSSR count). The van der Waals surface area contributed by atoms with Crippen molar-refractivity contribution in [2.75, 3.05) is 37.7 Å². The average Bonchev–Trinajstić information content (AvgIpc) is 3.08. The lowest BCUT2D eigenvalue weighted by Crippen LogP contribution is -2.51. The molecular weight excluding hydrogens is 637 g/mol. The fourth-order valence-electron chi connectivity index (χ4n) is 7.15. The van der Waals surface area contributed by atoms with Gasteiger partial charge in [0.25, 0.3) is 0 Å². The summed E-state index contributed by atoms with van der Waals surface area (Å²) in [5, 5.41) is 0. The molecule has 0 aromatic rings. The third kappa shape index (κ3) is 25.7. The van der Waals surface area contributed by atoms with Gasteiger partial charge in [0.2, 0.25) is 20.0 Å². The van der Waals surface area contributed by atoms with Crippen molar-refractivity contribution in [1.29, 1.82) is 0 Å². The Morgan fingerprint density at radius 3 is 0.646 bits per heavy atom. The smallest absolute Gasteiger partial charge is 0.212 e. The molecule has 1 fully saturated rings. The third-order valence-corrected chi connectivity index (χ3v) is 14.4. The highest BCUT2D eigenvalue weighted by Crippen LogP contribution is 2.18. The summed E-state index contributed by atoms with van der Waals surface area (Å²) in [6.45, 7) is 5.71. The van der Waals surface area contributed by atoms with E-state index >= 15 is 0 Å². The first-order chi connectivity index (χ1) is 23.3. The van der Waals surface area contributed by atoms with Crippen LogP contribution in [0, 0.1) is 0 Å². The van der Waals surface area contributed by atoms with Gasteiger partial charge in [-0.3, -0.25) is 0 Å². The van der Waals surface area contributed by atoms with Gasteiger partial charge >= 0.3 is 0 Å². The highest BCUT2D eigenvalue weighted by molar-refractivity contribution is 7.89. The van der Waals surface area contributed by atoms with E-state index in [1.165, 1.54) is 176 Å². The van der Waals surface area contributed by atoms with Gasteiger partial charge in [-0.05, 0) is 12.8 Å². The Hall–Kier alpha value is -0.180. The van der Waals surface area contributed by atoms with Crippen LogP contribution < -0.4 is 0 Å². The molecule has 288 valence electrons. The Kier molecular flexibility index (Phi) is 30.1. The largest absolute Gasteiger partial charge is 0.214 e. The van der Waals surface area contributed by atoms with Crippen LogP contribution in [0.15, 0.2) is 0 Å². The first-order valence-electron chi connectivity index (χ1n) is 21.3. The Morgan fingerprint density at radius 2 is 0.458 bits per heavy atom. The van der Waals surface area contributed by atoms with Crippen molar-refractivity contribution in [2.24, 2.45) is 0 Å². The molecule has 1 aliphatic rings. The second kappa shape index (κ2) is 31.5. The molecule has 0 atom stereocenters. The predicted octanol–water partition coefficient (Wildman–Crippen LogP) is 11.8. The molecule has 0 saturated carbocycles. The number of unbranched alkanes of at least 4 members (excludes halogenated alkanes) is 30. The summed E-state index contributed by atoms with van der Waals surface area (Å²) in [6, 6.07) is 0. The van der Waals surface area contributed by atoms with Crippen LogP contribution in [-0.4, -0.2) is 63.1 Å². The maximum atomic E-state index is 12.9. The molecule has 8 heteroatoms. The number of sulfonamides is 2. The summed E-state index contributed by atoms with van der Waals surface area (Å²) in [5.74, 6) is 0.384. The van der Waals surface area contributed by atoms with E-state index in [0.29, 0.717) is 39.0 Å². The number of piperazine rings is 1. The second-order valence-corrected chi connectivity index (χ2v) is 19.2. The molecule has 0 unspecified atom stereocenters. The van der Waals surface area contributed by atoms with Crippen molar-refractivity contribution < 1.29 is 16.8 Å². The van der Waals surface area contributed by atoms with E-state index in [0.717, 1.165) is 25.7 Å². The standard InChI is InChI=1S/C40H82N2O4S2/c1-3-5-7-9-11-13-15-17-19-21-23-25-27-29-31-33-39-47(43,44)41-35-37-42(38-36-41)48(45,46)40-34-32-30-28-26-24-22-20-18-16-14-12-10-8-6-4-2/h3-40H2,1-2H3. The van der Waals surface area contributed by atoms with E-state index in [4.69, 9.17) is 0 Å². The number of nitrogens with zero attached hydrogens (tertiary/aromatic N) is 2. The maximum Gasteiger partial charge on any atom is 0.214 e. The van der Waals surface area contributed by atoms with Crippen molar-refractivity contribution in [1.82, 2.24) is 8.61 Å². The first-order valence-corrected chi connectivity index (χ1v) is 24.5. The van der Waals surface area contributed by atoms with E-state index in [-0.39, 0.29) is 11.5 Å². The predicted molar refractivity (Wildman–Crippen MR) is 210 cm³/mol. The highest BCUT2D eigenvalue weighted by Gasteiger charge is 2.31. The van der Waals surface area contributed by atoms with Crippen LogP contribution in [0.1, 0.15) is 219 Å². The summed E-state index contributed by atoms with van der Waals surface area (Å²) in [4.78, 5) is 0. The minimum absolute atomic E-state index is 0.192. The Morgan fingerprint density at radius 1 is 0.292 bits per heavy atom. The highest BCUT2D eigenvalue weighted by atomic mass is 32.2. The van der Waals surface area contributed by atoms with Gasteiger partial charge in [0.05, 0.1) is 11.5 Å². The molecule has 48 heavy (non-hydrogen) atoms. The van der Waals surface area contributed by atoms with Crippen molar-refractivity contribution in [3.63, 3.8) is 0 Å². The normalized spacial score (nSPS) is 15.0. The molecule has 1 heterocycles. The van der Waals surface area contributed by atoms with Crippen LogP contribution in [0.3, 0.4) is 0 Å². The van der Waals surface area contributed by atoms with E-state index in [1.807, 2.05) is 0 Å². The molecule has 1 saturated heterocycles. The SMILES string of the molecule is CCCCCCCCCCCCCCCCCCS(=O)(=O)N1CCN(S(=O)(=O)CCCCCCCCCCCCCCCCCC)CC1. The third-order valence-electron chi connectivity index (χ3n) is 10.5. The molecular formula is C40H82N2O4S2. The molecule has 0 spiro atoms. The topological polar surface area (TPSA) is 74.8 Å². The summed E-state index contributed by atoms with van der Waals surface area (Å²) in [5.41, 5.74) is 0. The molecule has 0 aliphatic carbocycles. The monoisotopic (exact) mass is 719 g/mol. The van der Waals surface area contributed by atoms with Crippen LogP contribution >= 0.6 is 0 Å². The van der Waals surface area contributed by atoms with Gasteiger partial charge in [-0.1, -0.05) is 206 Å². The Bertz CT molecular complexity index is 828. The Balaban J connectivity index is 1.97. The summed E-state index contributed by atoms with van der Waals surface area (Å²) < 4.78 is 54.6. The molecule has 6 nitrogen and oxygen atoms in total. The zero-order valence-electron chi connectivity index (χ0n) is 32.2. The van der Waals surface area contributed by atoms with Gasteiger partial charge in [0.1, 0.15) is 0 Å². The summed E-state index contributed by atoms with van der Waals surface area (Å²) >= 11 is 0. The van der Waals surface area contributed by atoms with Gasteiger partial charge < -0.3 is 0 Å². The van der Waals surface area contributed by atoms with Crippen molar-refractivity contribution in [3.8, 4) is 0 Å². The molecule has 0 amide bonds. The second-order valence-electron chi connectivity index (χ2n) is 15.0. The molecule has 0 aromatic heterocycles. The van der Waals surface area contributed by atoms with Crippen molar-refractivity contribution >= 4 is 20.0 Å². The van der Waals surface area contributed by atoms with Crippen molar-refractivity contribution in [2.45, 2.75) is 219 Å². The van der Waals surface area contributed by atoms with Gasteiger partial charge in [-0.25, -0.2) is 16.8 Å². The van der Waals surface area contributed by atoms with Gasteiger partial charge in [-0.2, -0.15) is 8.61 Å². The quantitative estimate of drug-likeness (QED) is 0.0604. The summed E-state index contributed by atoms with van der Waals surface area (Å²) in [6.07, 6.45) is 40.8. The molecule has 0 aromatic carbocycles. The molecule has 0 radical (unpaired) electrons. The van der Waals surface area contributed by atoms with E-state index in [2.05, 4.69) is 13.8 Å². The lowest BCUT2D eigenvalue weighted by atomic mass is 10.0. The molecule has 1 aliphatic heterocycles. The Labute approximate surface area is 301 Å². The molecule has 0 bridgehead atoms. The zero-order chi connectivity index (χ0) is 35.0. The zero-order valence-corrected chi connectivity index (χ0v) is 33.8. The van der Waals surface area contributed by atoms with Crippen LogP contribution in [0.5, 0.6) is 0 Å². The van der Waals surface area contributed by atoms with Gasteiger partial charge in [0, 0.05) is 26.2 Å².